The minimum absolute atomic E-state index is 0.123. The molecule has 1 N–H and O–H groups in total. The Morgan fingerprint density at radius 1 is 1.00 bits per heavy atom. The van der Waals surface area contributed by atoms with Gasteiger partial charge in [0.2, 0.25) is 0 Å². The molecule has 0 fully saturated rings. The second-order valence-corrected chi connectivity index (χ2v) is 4.61. The highest BCUT2D eigenvalue weighted by Gasteiger charge is 2.11. The molecule has 0 aromatic heterocycles. The van der Waals surface area contributed by atoms with Crippen LogP contribution in [0.4, 0.5) is 14.5 Å². The minimum Gasteiger partial charge on any atom is -0.319 e. The number of carbonyl (C=O) groups excluding carboxylic acids is 1. The van der Waals surface area contributed by atoms with E-state index < -0.39 is 17.5 Å². The largest absolute Gasteiger partial charge is 0.319 e. The zero-order valence-electron chi connectivity index (χ0n) is 9.38. The van der Waals surface area contributed by atoms with Gasteiger partial charge in [0, 0.05) is 21.7 Å². The zero-order chi connectivity index (χ0) is 14.0. The molecule has 0 bridgehead atoms. The van der Waals surface area contributed by atoms with Gasteiger partial charge >= 0.3 is 0 Å². The van der Waals surface area contributed by atoms with E-state index in [0.717, 1.165) is 12.1 Å². The van der Waals surface area contributed by atoms with Crippen LogP contribution in [-0.4, -0.2) is 5.91 Å². The SMILES string of the molecule is O=C(Nc1ccc(F)cc1F)c1cc(Cl)cc(Cl)c1. The van der Waals surface area contributed by atoms with E-state index in [9.17, 15) is 13.6 Å². The average Bonchev–Trinajstić information content (AvgIpc) is 2.31. The number of carbonyl (C=O) groups is 1. The van der Waals surface area contributed by atoms with Gasteiger partial charge in [-0.05, 0) is 30.3 Å². The summed E-state index contributed by atoms with van der Waals surface area (Å²) in [4.78, 5) is 11.9. The van der Waals surface area contributed by atoms with Crippen molar-refractivity contribution in [3.8, 4) is 0 Å². The van der Waals surface area contributed by atoms with E-state index >= 15 is 0 Å². The van der Waals surface area contributed by atoms with Crippen LogP contribution >= 0.6 is 23.2 Å². The van der Waals surface area contributed by atoms with Gasteiger partial charge in [0.25, 0.3) is 5.91 Å². The third-order valence-electron chi connectivity index (χ3n) is 2.30. The van der Waals surface area contributed by atoms with Crippen LogP contribution < -0.4 is 5.32 Å². The summed E-state index contributed by atoms with van der Waals surface area (Å²) in [7, 11) is 0. The van der Waals surface area contributed by atoms with Crippen molar-refractivity contribution in [1.82, 2.24) is 0 Å². The third kappa shape index (κ3) is 3.43. The van der Waals surface area contributed by atoms with Gasteiger partial charge in [-0.3, -0.25) is 4.79 Å². The fraction of sp³-hybridized carbons (Fsp3) is 0. The lowest BCUT2D eigenvalue weighted by Gasteiger charge is -2.07. The summed E-state index contributed by atoms with van der Waals surface area (Å²) in [5.41, 5.74) is 0.0590. The molecule has 6 heteroatoms. The standard InChI is InChI=1S/C13H7Cl2F2NO/c14-8-3-7(4-9(15)5-8)13(19)18-12-2-1-10(16)6-11(12)17/h1-6H,(H,18,19). The molecule has 0 heterocycles. The van der Waals surface area contributed by atoms with Crippen molar-refractivity contribution < 1.29 is 13.6 Å². The quantitative estimate of drug-likeness (QED) is 0.868. The Morgan fingerprint density at radius 3 is 2.21 bits per heavy atom. The highest BCUT2D eigenvalue weighted by atomic mass is 35.5. The first kappa shape index (κ1) is 13.8. The number of anilines is 1. The molecule has 2 nitrogen and oxygen atoms in total. The number of amides is 1. The molecule has 0 saturated carbocycles. The first-order valence-electron chi connectivity index (χ1n) is 5.18. The molecule has 1 amide bonds. The van der Waals surface area contributed by atoms with Crippen LogP contribution in [0, 0.1) is 11.6 Å². The number of hydrogen-bond acceptors (Lipinski definition) is 1. The van der Waals surface area contributed by atoms with Crippen LogP contribution in [0.15, 0.2) is 36.4 Å². The molecule has 19 heavy (non-hydrogen) atoms. The summed E-state index contributed by atoms with van der Waals surface area (Å²) in [6, 6.07) is 7.12. The second kappa shape index (κ2) is 5.55. The fourth-order valence-electron chi connectivity index (χ4n) is 1.47. The van der Waals surface area contributed by atoms with Crippen molar-refractivity contribution >= 4 is 34.8 Å². The molecule has 0 saturated heterocycles. The zero-order valence-corrected chi connectivity index (χ0v) is 10.9. The highest BCUT2D eigenvalue weighted by molar-refractivity contribution is 6.35. The molecule has 2 aromatic carbocycles. The summed E-state index contributed by atoms with van der Waals surface area (Å²) in [6.07, 6.45) is 0. The van der Waals surface area contributed by atoms with Crippen molar-refractivity contribution in [2.24, 2.45) is 0 Å². The molecule has 0 radical (unpaired) electrons. The Kier molecular flexibility index (Phi) is 4.02. The summed E-state index contributed by atoms with van der Waals surface area (Å²) >= 11 is 11.5. The summed E-state index contributed by atoms with van der Waals surface area (Å²) in [5, 5.41) is 2.89. The maximum Gasteiger partial charge on any atom is 0.255 e. The van der Waals surface area contributed by atoms with Crippen molar-refractivity contribution in [1.29, 1.82) is 0 Å². The van der Waals surface area contributed by atoms with E-state index in [2.05, 4.69) is 5.32 Å². The molecule has 0 aliphatic carbocycles. The summed E-state index contributed by atoms with van der Waals surface area (Å²) in [5.74, 6) is -2.17. The molecule has 2 aromatic rings. The van der Waals surface area contributed by atoms with Crippen molar-refractivity contribution in [2.45, 2.75) is 0 Å². The molecule has 0 atom stereocenters. The first-order valence-corrected chi connectivity index (χ1v) is 5.94. The van der Waals surface area contributed by atoms with E-state index in [1.165, 1.54) is 18.2 Å². The highest BCUT2D eigenvalue weighted by Crippen LogP contribution is 2.21. The van der Waals surface area contributed by atoms with Crippen LogP contribution in [0.1, 0.15) is 10.4 Å². The maximum atomic E-state index is 13.4. The van der Waals surface area contributed by atoms with Crippen LogP contribution in [0.25, 0.3) is 0 Å². The fourth-order valence-corrected chi connectivity index (χ4v) is 2.00. The Balaban J connectivity index is 2.25. The monoisotopic (exact) mass is 301 g/mol. The van der Waals surface area contributed by atoms with E-state index in [4.69, 9.17) is 23.2 Å². The Bertz CT molecular complexity index is 626. The van der Waals surface area contributed by atoms with Gasteiger partial charge in [0.1, 0.15) is 11.6 Å². The lowest BCUT2D eigenvalue weighted by Crippen LogP contribution is -2.13. The van der Waals surface area contributed by atoms with Gasteiger partial charge in [0.05, 0.1) is 5.69 Å². The van der Waals surface area contributed by atoms with Crippen LogP contribution in [0.3, 0.4) is 0 Å². The number of hydrogen-bond donors (Lipinski definition) is 1. The van der Waals surface area contributed by atoms with Gasteiger partial charge < -0.3 is 5.32 Å². The van der Waals surface area contributed by atoms with Crippen molar-refractivity contribution in [3.63, 3.8) is 0 Å². The van der Waals surface area contributed by atoms with Crippen molar-refractivity contribution in [2.75, 3.05) is 5.32 Å². The summed E-state index contributed by atoms with van der Waals surface area (Å²) in [6.45, 7) is 0. The maximum absolute atomic E-state index is 13.4. The number of benzene rings is 2. The number of halogens is 4. The Hall–Kier alpha value is -1.65. The average molecular weight is 302 g/mol. The Morgan fingerprint density at radius 2 is 1.63 bits per heavy atom. The van der Waals surface area contributed by atoms with E-state index in [1.54, 1.807) is 0 Å². The summed E-state index contributed by atoms with van der Waals surface area (Å²) < 4.78 is 26.1. The van der Waals surface area contributed by atoms with E-state index in [1.807, 2.05) is 0 Å². The van der Waals surface area contributed by atoms with Gasteiger partial charge in [-0.15, -0.1) is 0 Å². The van der Waals surface area contributed by atoms with Crippen molar-refractivity contribution in [3.05, 3.63) is 63.6 Å². The van der Waals surface area contributed by atoms with Crippen LogP contribution in [0.5, 0.6) is 0 Å². The molecular formula is C13H7Cl2F2NO. The van der Waals surface area contributed by atoms with Crippen LogP contribution in [-0.2, 0) is 0 Å². The predicted molar refractivity (Wildman–Crippen MR) is 70.8 cm³/mol. The number of nitrogens with one attached hydrogen (secondary N) is 1. The molecule has 0 aliphatic heterocycles. The molecule has 2 rings (SSSR count). The Labute approximate surface area is 118 Å². The number of rotatable bonds is 2. The first-order chi connectivity index (χ1) is 8.95. The van der Waals surface area contributed by atoms with Gasteiger partial charge in [-0.1, -0.05) is 23.2 Å². The minimum atomic E-state index is -0.860. The van der Waals surface area contributed by atoms with Crippen LogP contribution in [0.2, 0.25) is 10.0 Å². The van der Waals surface area contributed by atoms with Gasteiger partial charge in [0.15, 0.2) is 0 Å². The molecular weight excluding hydrogens is 295 g/mol. The smallest absolute Gasteiger partial charge is 0.255 e. The topological polar surface area (TPSA) is 29.1 Å². The molecule has 98 valence electrons. The lowest BCUT2D eigenvalue weighted by atomic mass is 10.2. The normalized spacial score (nSPS) is 10.3. The third-order valence-corrected chi connectivity index (χ3v) is 2.74. The molecule has 0 aliphatic rings. The van der Waals surface area contributed by atoms with Gasteiger partial charge in [-0.2, -0.15) is 0 Å². The predicted octanol–water partition coefficient (Wildman–Crippen LogP) is 4.52. The van der Waals surface area contributed by atoms with Gasteiger partial charge in [-0.25, -0.2) is 8.78 Å². The van der Waals surface area contributed by atoms with E-state index in [0.29, 0.717) is 6.07 Å². The van der Waals surface area contributed by atoms with E-state index in [-0.39, 0.29) is 21.3 Å². The molecule has 0 unspecified atom stereocenters. The lowest BCUT2D eigenvalue weighted by molar-refractivity contribution is 0.102. The second-order valence-electron chi connectivity index (χ2n) is 3.74. The molecule has 0 spiro atoms.